The summed E-state index contributed by atoms with van der Waals surface area (Å²) in [5.74, 6) is 0.726. The summed E-state index contributed by atoms with van der Waals surface area (Å²) in [5.41, 5.74) is 1.64. The van der Waals surface area contributed by atoms with Crippen LogP contribution in [0.15, 0.2) is 12.1 Å². The maximum absolute atomic E-state index is 11.0. The molecule has 0 atom stereocenters. The van der Waals surface area contributed by atoms with Crippen molar-refractivity contribution < 1.29 is 14.6 Å². The molecule has 93 valence electrons. The number of carbonyl (C=O) groups is 1. The number of aryl methyl sites for hydroxylation is 1. The second-order valence-electron chi connectivity index (χ2n) is 3.81. The Bertz CT molecular complexity index is 377. The third-order valence-corrected chi connectivity index (χ3v) is 2.30. The second-order valence-corrected chi connectivity index (χ2v) is 3.81. The van der Waals surface area contributed by atoms with Gasteiger partial charge in [-0.1, -0.05) is 0 Å². The number of aliphatic hydroxyl groups excluding tert-OH is 1. The summed E-state index contributed by atoms with van der Waals surface area (Å²) < 4.78 is 5.51. The van der Waals surface area contributed by atoms with Crippen molar-refractivity contribution in [2.45, 2.75) is 26.4 Å². The molecule has 0 saturated carbocycles. The first-order valence-corrected chi connectivity index (χ1v) is 5.62. The van der Waals surface area contributed by atoms with E-state index in [4.69, 9.17) is 9.84 Å². The summed E-state index contributed by atoms with van der Waals surface area (Å²) >= 11 is 0. The first-order valence-electron chi connectivity index (χ1n) is 5.62. The number of benzene rings is 1. The molecule has 1 aromatic rings. The summed E-state index contributed by atoms with van der Waals surface area (Å²) in [5, 5.41) is 11.6. The molecule has 0 aliphatic rings. The van der Waals surface area contributed by atoms with E-state index in [1.807, 2.05) is 13.0 Å². The number of ether oxygens (including phenoxy) is 1. The van der Waals surface area contributed by atoms with Crippen LogP contribution in [0.2, 0.25) is 0 Å². The Hall–Kier alpha value is -1.55. The van der Waals surface area contributed by atoms with E-state index in [9.17, 15) is 4.79 Å². The van der Waals surface area contributed by atoms with Gasteiger partial charge in [-0.25, -0.2) is 0 Å². The quantitative estimate of drug-likeness (QED) is 0.729. The van der Waals surface area contributed by atoms with Crippen LogP contribution in [0.3, 0.4) is 0 Å². The van der Waals surface area contributed by atoms with Crippen molar-refractivity contribution in [1.82, 2.24) is 5.32 Å². The summed E-state index contributed by atoms with van der Waals surface area (Å²) in [6, 6.07) is 6.64. The number of hydrogen-bond donors (Lipinski definition) is 2. The van der Waals surface area contributed by atoms with E-state index >= 15 is 0 Å². The molecule has 4 nitrogen and oxygen atoms in total. The zero-order valence-electron chi connectivity index (χ0n) is 10.2. The molecule has 1 rings (SSSR count). The van der Waals surface area contributed by atoms with Crippen LogP contribution in [-0.4, -0.2) is 24.7 Å². The topological polar surface area (TPSA) is 58.6 Å². The molecule has 0 heterocycles. The van der Waals surface area contributed by atoms with Crippen molar-refractivity contribution in [3.63, 3.8) is 0 Å². The number of rotatable bonds is 6. The van der Waals surface area contributed by atoms with E-state index in [0.29, 0.717) is 30.8 Å². The molecule has 0 spiro atoms. The van der Waals surface area contributed by atoms with E-state index in [-0.39, 0.29) is 12.5 Å². The molecule has 1 aromatic carbocycles. The highest BCUT2D eigenvalue weighted by atomic mass is 16.5. The molecule has 0 aliphatic heterocycles. The predicted octanol–water partition coefficient (Wildman–Crippen LogP) is 1.19. The maximum Gasteiger partial charge on any atom is 0.219 e. The van der Waals surface area contributed by atoms with E-state index < -0.39 is 0 Å². The Morgan fingerprint density at radius 2 is 2.29 bits per heavy atom. The van der Waals surface area contributed by atoms with Crippen molar-refractivity contribution in [1.29, 1.82) is 0 Å². The highest BCUT2D eigenvalue weighted by Gasteiger charge is 2.01. The van der Waals surface area contributed by atoms with Crippen LogP contribution in [0.4, 0.5) is 0 Å². The largest absolute Gasteiger partial charge is 0.494 e. The van der Waals surface area contributed by atoms with Gasteiger partial charge in [-0.05, 0) is 42.7 Å². The lowest BCUT2D eigenvalue weighted by Crippen LogP contribution is -2.18. The van der Waals surface area contributed by atoms with Crippen LogP contribution >= 0.6 is 0 Å². The zero-order chi connectivity index (χ0) is 12.7. The molecule has 2 N–H and O–H groups in total. The van der Waals surface area contributed by atoms with Crippen LogP contribution in [0, 0.1) is 13.0 Å². The minimum Gasteiger partial charge on any atom is -0.494 e. The SMILES string of the molecule is CNC(=O)CCCOc1cc(C)[c]c(CO)c1. The van der Waals surface area contributed by atoms with Crippen molar-refractivity contribution >= 4 is 5.91 Å². The predicted molar refractivity (Wildman–Crippen MR) is 64.7 cm³/mol. The van der Waals surface area contributed by atoms with E-state index in [1.165, 1.54) is 0 Å². The molecule has 17 heavy (non-hydrogen) atoms. The monoisotopic (exact) mass is 236 g/mol. The average molecular weight is 236 g/mol. The standard InChI is InChI=1S/C13H18NO3/c1-10-6-11(9-15)8-12(7-10)17-5-3-4-13(16)14-2/h7-8,15H,3-5,9H2,1-2H3,(H,14,16). The third kappa shape index (κ3) is 4.87. The van der Waals surface area contributed by atoms with Crippen molar-refractivity contribution in [3.8, 4) is 5.75 Å². The normalized spacial score (nSPS) is 10.1. The molecule has 0 aliphatic carbocycles. The third-order valence-electron chi connectivity index (χ3n) is 2.30. The van der Waals surface area contributed by atoms with Gasteiger partial charge in [0.15, 0.2) is 0 Å². The van der Waals surface area contributed by atoms with Gasteiger partial charge in [0.2, 0.25) is 5.91 Å². The molecule has 0 fully saturated rings. The van der Waals surface area contributed by atoms with Gasteiger partial charge in [-0.3, -0.25) is 4.79 Å². The van der Waals surface area contributed by atoms with Gasteiger partial charge < -0.3 is 15.2 Å². The Labute approximate surface area is 102 Å². The molecule has 0 bridgehead atoms. The smallest absolute Gasteiger partial charge is 0.219 e. The molecule has 0 unspecified atom stereocenters. The van der Waals surface area contributed by atoms with E-state index in [1.54, 1.807) is 13.1 Å². The van der Waals surface area contributed by atoms with Crippen molar-refractivity contribution in [3.05, 3.63) is 29.3 Å². The molecule has 1 radical (unpaired) electrons. The van der Waals surface area contributed by atoms with Crippen LogP contribution in [-0.2, 0) is 11.4 Å². The number of carbonyl (C=O) groups excluding carboxylic acids is 1. The summed E-state index contributed by atoms with van der Waals surface area (Å²) in [6.45, 7) is 2.34. The van der Waals surface area contributed by atoms with Gasteiger partial charge in [0, 0.05) is 13.5 Å². The van der Waals surface area contributed by atoms with Crippen molar-refractivity contribution in [2.24, 2.45) is 0 Å². The molecule has 1 amide bonds. The maximum atomic E-state index is 11.0. The van der Waals surface area contributed by atoms with Crippen molar-refractivity contribution in [2.75, 3.05) is 13.7 Å². The van der Waals surface area contributed by atoms with Gasteiger partial charge in [0.1, 0.15) is 5.75 Å². The lowest BCUT2D eigenvalue weighted by Gasteiger charge is -2.08. The number of hydrogen-bond acceptors (Lipinski definition) is 3. The fourth-order valence-corrected chi connectivity index (χ4v) is 1.47. The molecule has 0 aromatic heterocycles. The van der Waals surface area contributed by atoms with Gasteiger partial charge in [0.25, 0.3) is 0 Å². The highest BCUT2D eigenvalue weighted by molar-refractivity contribution is 5.75. The number of aliphatic hydroxyl groups is 1. The van der Waals surface area contributed by atoms with Gasteiger partial charge in [-0.2, -0.15) is 0 Å². The second kappa shape index (κ2) is 6.91. The van der Waals surface area contributed by atoms with Crippen LogP contribution < -0.4 is 10.1 Å². The fraction of sp³-hybridized carbons (Fsp3) is 0.462. The first kappa shape index (κ1) is 13.5. The van der Waals surface area contributed by atoms with E-state index in [2.05, 4.69) is 11.4 Å². The molecular formula is C13H18NO3. The fourth-order valence-electron chi connectivity index (χ4n) is 1.47. The summed E-state index contributed by atoms with van der Waals surface area (Å²) in [6.07, 6.45) is 1.13. The zero-order valence-corrected chi connectivity index (χ0v) is 10.2. The summed E-state index contributed by atoms with van der Waals surface area (Å²) in [7, 11) is 1.62. The minimum absolute atomic E-state index is 0.0159. The Morgan fingerprint density at radius 3 is 2.94 bits per heavy atom. The lowest BCUT2D eigenvalue weighted by atomic mass is 10.1. The molecule has 4 heteroatoms. The van der Waals surface area contributed by atoms with E-state index in [0.717, 1.165) is 5.56 Å². The average Bonchev–Trinajstić information content (AvgIpc) is 2.33. The van der Waals surface area contributed by atoms with Gasteiger partial charge in [0.05, 0.1) is 13.2 Å². The summed E-state index contributed by atoms with van der Waals surface area (Å²) in [4.78, 5) is 11.0. The lowest BCUT2D eigenvalue weighted by molar-refractivity contribution is -0.120. The highest BCUT2D eigenvalue weighted by Crippen LogP contribution is 2.16. The van der Waals surface area contributed by atoms with Crippen LogP contribution in [0.1, 0.15) is 24.0 Å². The first-order chi connectivity index (χ1) is 8.15. The Morgan fingerprint density at radius 1 is 1.53 bits per heavy atom. The molecular weight excluding hydrogens is 218 g/mol. The van der Waals surface area contributed by atoms with Crippen LogP contribution in [0.5, 0.6) is 5.75 Å². The molecule has 0 saturated heterocycles. The Balaban J connectivity index is 2.41. The Kier molecular flexibility index (Phi) is 5.49. The number of amides is 1. The van der Waals surface area contributed by atoms with Crippen LogP contribution in [0.25, 0.3) is 0 Å². The minimum atomic E-state index is -0.0454. The van der Waals surface area contributed by atoms with Gasteiger partial charge in [-0.15, -0.1) is 0 Å². The van der Waals surface area contributed by atoms with Gasteiger partial charge >= 0.3 is 0 Å². The number of nitrogens with one attached hydrogen (secondary N) is 1.